The second kappa shape index (κ2) is 4.27. The van der Waals surface area contributed by atoms with Gasteiger partial charge in [-0.15, -0.1) is 0 Å². The average Bonchev–Trinajstić information content (AvgIpc) is 2.17. The van der Waals surface area contributed by atoms with E-state index in [1.807, 2.05) is 13.8 Å². The Hall–Kier alpha value is -1.62. The molecule has 0 aliphatic heterocycles. The van der Waals surface area contributed by atoms with Crippen molar-refractivity contribution in [2.75, 3.05) is 6.54 Å². The number of carbonyl (C=O) groups is 1. The van der Waals surface area contributed by atoms with Crippen molar-refractivity contribution in [2.45, 2.75) is 19.4 Å². The van der Waals surface area contributed by atoms with E-state index in [2.05, 4.69) is 10.3 Å². The van der Waals surface area contributed by atoms with Crippen molar-refractivity contribution in [1.29, 1.82) is 0 Å². The van der Waals surface area contributed by atoms with E-state index in [4.69, 9.17) is 5.73 Å². The maximum atomic E-state index is 11.7. The summed E-state index contributed by atoms with van der Waals surface area (Å²) in [6.45, 7) is 3.94. The van der Waals surface area contributed by atoms with Crippen LogP contribution in [-0.2, 0) is 0 Å². The smallest absolute Gasteiger partial charge is 0.255 e. The second-order valence-electron chi connectivity index (χ2n) is 3.93. The van der Waals surface area contributed by atoms with Crippen LogP contribution < -0.4 is 11.1 Å². The molecular weight excluding hydrogens is 194 g/mol. The number of rotatable bonds is 3. The number of nitrogens with one attached hydrogen (secondary N) is 1. The minimum Gasteiger partial charge on any atom is -0.505 e. The van der Waals surface area contributed by atoms with Gasteiger partial charge in [0.05, 0.1) is 11.8 Å². The van der Waals surface area contributed by atoms with Gasteiger partial charge in [0.1, 0.15) is 5.75 Å². The van der Waals surface area contributed by atoms with Gasteiger partial charge in [-0.1, -0.05) is 0 Å². The van der Waals surface area contributed by atoms with Crippen LogP contribution in [0.5, 0.6) is 5.75 Å². The molecule has 1 aromatic heterocycles. The fourth-order valence-corrected chi connectivity index (χ4v) is 1.00. The van der Waals surface area contributed by atoms with E-state index in [9.17, 15) is 9.90 Å². The monoisotopic (exact) mass is 209 g/mol. The standard InChI is InChI=1S/C10H15N3O2/c1-10(2,6-11)13-9(15)7-3-4-12-5-8(7)14/h3-5,14H,6,11H2,1-2H3,(H,13,15). The number of carbonyl (C=O) groups excluding carboxylic acids is 1. The summed E-state index contributed by atoms with van der Waals surface area (Å²) in [6, 6.07) is 1.46. The molecule has 0 atom stereocenters. The van der Waals surface area contributed by atoms with Gasteiger partial charge in [-0.25, -0.2) is 0 Å². The van der Waals surface area contributed by atoms with Crippen LogP contribution in [0.15, 0.2) is 18.5 Å². The Balaban J connectivity index is 2.83. The van der Waals surface area contributed by atoms with Crippen LogP contribution in [-0.4, -0.2) is 28.1 Å². The van der Waals surface area contributed by atoms with Crippen LogP contribution in [0.2, 0.25) is 0 Å². The lowest BCUT2D eigenvalue weighted by Crippen LogP contribution is -2.48. The van der Waals surface area contributed by atoms with E-state index in [0.717, 1.165) is 0 Å². The Morgan fingerprint density at radius 1 is 1.67 bits per heavy atom. The number of hydrogen-bond acceptors (Lipinski definition) is 4. The largest absolute Gasteiger partial charge is 0.505 e. The Labute approximate surface area is 88.3 Å². The van der Waals surface area contributed by atoms with E-state index in [-0.39, 0.29) is 17.2 Å². The van der Waals surface area contributed by atoms with Crippen LogP contribution in [0, 0.1) is 0 Å². The first-order valence-corrected chi connectivity index (χ1v) is 4.62. The highest BCUT2D eigenvalue weighted by Crippen LogP contribution is 2.14. The summed E-state index contributed by atoms with van der Waals surface area (Å²) < 4.78 is 0. The summed E-state index contributed by atoms with van der Waals surface area (Å²) in [5, 5.41) is 12.1. The second-order valence-corrected chi connectivity index (χ2v) is 3.93. The lowest BCUT2D eigenvalue weighted by molar-refractivity contribution is 0.0913. The van der Waals surface area contributed by atoms with Crippen LogP contribution >= 0.6 is 0 Å². The first-order valence-electron chi connectivity index (χ1n) is 4.62. The molecule has 1 heterocycles. The normalized spacial score (nSPS) is 11.1. The van der Waals surface area contributed by atoms with Gasteiger partial charge in [0.15, 0.2) is 0 Å². The summed E-state index contributed by atoms with van der Waals surface area (Å²) in [7, 11) is 0. The molecule has 0 aliphatic carbocycles. The Morgan fingerprint density at radius 3 is 2.87 bits per heavy atom. The lowest BCUT2D eigenvalue weighted by Gasteiger charge is -2.24. The molecule has 0 saturated carbocycles. The molecular formula is C10H15N3O2. The average molecular weight is 209 g/mol. The fourth-order valence-electron chi connectivity index (χ4n) is 1.00. The third-order valence-corrected chi connectivity index (χ3v) is 2.01. The van der Waals surface area contributed by atoms with E-state index in [0.29, 0.717) is 6.54 Å². The molecule has 4 N–H and O–H groups in total. The Kier molecular flexibility index (Phi) is 3.26. The van der Waals surface area contributed by atoms with Crippen molar-refractivity contribution in [1.82, 2.24) is 10.3 Å². The molecule has 0 spiro atoms. The van der Waals surface area contributed by atoms with E-state index in [1.165, 1.54) is 18.5 Å². The zero-order valence-corrected chi connectivity index (χ0v) is 8.82. The van der Waals surface area contributed by atoms with Crippen LogP contribution in [0.4, 0.5) is 0 Å². The van der Waals surface area contributed by atoms with E-state index < -0.39 is 5.54 Å². The number of nitrogens with two attached hydrogens (primary N) is 1. The minimum atomic E-state index is -0.493. The molecule has 5 nitrogen and oxygen atoms in total. The third-order valence-electron chi connectivity index (χ3n) is 2.01. The first-order chi connectivity index (χ1) is 6.96. The van der Waals surface area contributed by atoms with Gasteiger partial charge in [0.25, 0.3) is 5.91 Å². The van der Waals surface area contributed by atoms with Crippen molar-refractivity contribution < 1.29 is 9.90 Å². The van der Waals surface area contributed by atoms with Gasteiger partial charge in [0, 0.05) is 18.3 Å². The highest BCUT2D eigenvalue weighted by atomic mass is 16.3. The molecule has 1 aromatic rings. The van der Waals surface area contributed by atoms with Gasteiger partial charge in [0.2, 0.25) is 0 Å². The molecule has 0 unspecified atom stereocenters. The van der Waals surface area contributed by atoms with Gasteiger partial charge in [-0.3, -0.25) is 9.78 Å². The molecule has 1 rings (SSSR count). The maximum Gasteiger partial charge on any atom is 0.255 e. The van der Waals surface area contributed by atoms with Gasteiger partial charge >= 0.3 is 0 Å². The minimum absolute atomic E-state index is 0.136. The summed E-state index contributed by atoms with van der Waals surface area (Å²) in [4.78, 5) is 15.4. The summed E-state index contributed by atoms with van der Waals surface area (Å²) in [5.41, 5.74) is 5.19. The maximum absolute atomic E-state index is 11.7. The number of aromatic nitrogens is 1. The fraction of sp³-hybridized carbons (Fsp3) is 0.400. The molecule has 0 bridgehead atoms. The number of nitrogens with zero attached hydrogens (tertiary/aromatic N) is 1. The molecule has 1 amide bonds. The van der Waals surface area contributed by atoms with Crippen molar-refractivity contribution in [3.8, 4) is 5.75 Å². The molecule has 5 heteroatoms. The van der Waals surface area contributed by atoms with Crippen molar-refractivity contribution in [3.05, 3.63) is 24.0 Å². The van der Waals surface area contributed by atoms with Gasteiger partial charge < -0.3 is 16.2 Å². The lowest BCUT2D eigenvalue weighted by atomic mass is 10.1. The summed E-state index contributed by atoms with van der Waals surface area (Å²) >= 11 is 0. The molecule has 82 valence electrons. The van der Waals surface area contributed by atoms with E-state index >= 15 is 0 Å². The van der Waals surface area contributed by atoms with Gasteiger partial charge in [-0.2, -0.15) is 0 Å². The Morgan fingerprint density at radius 2 is 2.33 bits per heavy atom. The number of hydrogen-bond donors (Lipinski definition) is 3. The van der Waals surface area contributed by atoms with Gasteiger partial charge in [-0.05, 0) is 19.9 Å². The zero-order valence-electron chi connectivity index (χ0n) is 8.82. The summed E-state index contributed by atoms with van der Waals surface area (Å²) in [5.74, 6) is -0.492. The highest BCUT2D eigenvalue weighted by molar-refractivity contribution is 5.97. The topological polar surface area (TPSA) is 88.2 Å². The SMILES string of the molecule is CC(C)(CN)NC(=O)c1ccncc1O. The highest BCUT2D eigenvalue weighted by Gasteiger charge is 2.20. The third kappa shape index (κ3) is 2.92. The number of aromatic hydroxyl groups is 1. The van der Waals surface area contributed by atoms with Crippen molar-refractivity contribution in [3.63, 3.8) is 0 Å². The molecule has 0 aromatic carbocycles. The Bertz CT molecular complexity index is 363. The van der Waals surface area contributed by atoms with E-state index in [1.54, 1.807) is 0 Å². The predicted molar refractivity (Wildman–Crippen MR) is 56.5 cm³/mol. The van der Waals surface area contributed by atoms with Crippen LogP contribution in [0.1, 0.15) is 24.2 Å². The molecule has 15 heavy (non-hydrogen) atoms. The first kappa shape index (κ1) is 11.5. The quantitative estimate of drug-likeness (QED) is 0.666. The molecule has 0 radical (unpaired) electrons. The number of pyridine rings is 1. The molecule has 0 aliphatic rings. The molecule has 0 saturated heterocycles. The van der Waals surface area contributed by atoms with Crippen LogP contribution in [0.3, 0.4) is 0 Å². The predicted octanol–water partition coefficient (Wildman–Crippen LogP) is 0.254. The van der Waals surface area contributed by atoms with Crippen LogP contribution in [0.25, 0.3) is 0 Å². The summed E-state index contributed by atoms with van der Waals surface area (Å²) in [6.07, 6.45) is 2.68. The van der Waals surface area contributed by atoms with Crippen molar-refractivity contribution >= 4 is 5.91 Å². The molecule has 0 fully saturated rings. The van der Waals surface area contributed by atoms with Crippen molar-refractivity contribution in [2.24, 2.45) is 5.73 Å². The zero-order chi connectivity index (χ0) is 11.5. The number of amides is 1.